The van der Waals surface area contributed by atoms with Crippen molar-refractivity contribution in [2.24, 2.45) is 0 Å². The summed E-state index contributed by atoms with van der Waals surface area (Å²) >= 11 is 1.45. The van der Waals surface area contributed by atoms with Gasteiger partial charge in [-0.05, 0) is 19.9 Å². The van der Waals surface area contributed by atoms with Crippen molar-refractivity contribution < 1.29 is 9.53 Å². The van der Waals surface area contributed by atoms with Crippen molar-refractivity contribution in [1.82, 2.24) is 19.4 Å². The second-order valence-electron chi connectivity index (χ2n) is 6.41. The first kappa shape index (κ1) is 16.8. The number of benzene rings is 1. The molecule has 4 rings (SSSR count). The molecule has 1 aliphatic rings. The predicted octanol–water partition coefficient (Wildman–Crippen LogP) is 3.06. The zero-order valence-electron chi connectivity index (χ0n) is 14.8. The largest absolute Gasteiger partial charge is 0.491 e. The maximum Gasteiger partial charge on any atom is 0.266 e. The summed E-state index contributed by atoms with van der Waals surface area (Å²) in [6.45, 7) is 5.42. The first-order valence-electron chi connectivity index (χ1n) is 8.53. The van der Waals surface area contributed by atoms with Gasteiger partial charge in [0.15, 0.2) is 0 Å². The SMILES string of the molecule is Cc1nc(C)c(C(=O)N2Cc3ccccc3OC[C@H]2Cn2ccnc2)s1. The number of carbonyl (C=O) groups is 1. The molecule has 0 aliphatic carbocycles. The van der Waals surface area contributed by atoms with Crippen LogP contribution in [0.1, 0.15) is 25.9 Å². The molecule has 6 nitrogen and oxygen atoms in total. The quantitative estimate of drug-likeness (QED) is 0.713. The maximum atomic E-state index is 13.4. The summed E-state index contributed by atoms with van der Waals surface area (Å²) in [7, 11) is 0. The Morgan fingerprint density at radius 3 is 2.92 bits per heavy atom. The Labute approximate surface area is 156 Å². The van der Waals surface area contributed by atoms with Crippen LogP contribution in [0.5, 0.6) is 5.75 Å². The van der Waals surface area contributed by atoms with E-state index in [1.165, 1.54) is 11.3 Å². The van der Waals surface area contributed by atoms with Crippen molar-refractivity contribution in [3.05, 3.63) is 64.1 Å². The van der Waals surface area contributed by atoms with E-state index in [-0.39, 0.29) is 11.9 Å². The number of carbonyl (C=O) groups excluding carboxylic acids is 1. The molecule has 0 fully saturated rings. The molecule has 26 heavy (non-hydrogen) atoms. The van der Waals surface area contributed by atoms with Crippen molar-refractivity contribution in [1.29, 1.82) is 0 Å². The number of aryl methyl sites for hydroxylation is 2. The number of imidazole rings is 1. The highest BCUT2D eigenvalue weighted by Gasteiger charge is 2.31. The summed E-state index contributed by atoms with van der Waals surface area (Å²) in [6, 6.07) is 7.81. The Morgan fingerprint density at radius 1 is 1.35 bits per heavy atom. The maximum absolute atomic E-state index is 13.4. The van der Waals surface area contributed by atoms with Crippen LogP contribution in [0.15, 0.2) is 43.0 Å². The monoisotopic (exact) mass is 368 g/mol. The second kappa shape index (κ2) is 6.92. The van der Waals surface area contributed by atoms with Gasteiger partial charge < -0.3 is 14.2 Å². The van der Waals surface area contributed by atoms with Gasteiger partial charge in [0, 0.05) is 24.5 Å². The number of fused-ring (bicyclic) bond motifs is 1. The minimum absolute atomic E-state index is 0.0125. The molecule has 7 heteroatoms. The number of thiazole rings is 1. The molecule has 1 aliphatic heterocycles. The van der Waals surface area contributed by atoms with Gasteiger partial charge in [0.2, 0.25) is 0 Å². The normalized spacial score (nSPS) is 16.7. The van der Waals surface area contributed by atoms with Crippen LogP contribution in [0.4, 0.5) is 0 Å². The molecular weight excluding hydrogens is 348 g/mol. The third-order valence-electron chi connectivity index (χ3n) is 4.52. The predicted molar refractivity (Wildman–Crippen MR) is 99.4 cm³/mol. The number of para-hydroxylation sites is 1. The average molecular weight is 368 g/mol. The van der Waals surface area contributed by atoms with Crippen LogP contribution in [0.25, 0.3) is 0 Å². The number of nitrogens with zero attached hydrogens (tertiary/aromatic N) is 4. The highest BCUT2D eigenvalue weighted by molar-refractivity contribution is 7.13. The minimum atomic E-state index is -0.0918. The smallest absolute Gasteiger partial charge is 0.266 e. The molecule has 0 saturated heterocycles. The van der Waals surface area contributed by atoms with Crippen molar-refractivity contribution in [3.63, 3.8) is 0 Å². The molecule has 0 bridgehead atoms. The summed E-state index contributed by atoms with van der Waals surface area (Å²) in [5, 5.41) is 0.906. The van der Waals surface area contributed by atoms with Crippen LogP contribution in [0, 0.1) is 13.8 Å². The van der Waals surface area contributed by atoms with Gasteiger partial charge in [0.25, 0.3) is 5.91 Å². The van der Waals surface area contributed by atoms with Crippen molar-refractivity contribution in [2.75, 3.05) is 6.61 Å². The fourth-order valence-corrected chi connectivity index (χ4v) is 4.13. The topological polar surface area (TPSA) is 60.3 Å². The first-order chi connectivity index (χ1) is 12.6. The van der Waals surface area contributed by atoms with Crippen molar-refractivity contribution >= 4 is 17.2 Å². The molecule has 2 aromatic heterocycles. The molecule has 1 atom stereocenters. The number of hydrogen-bond donors (Lipinski definition) is 0. The number of rotatable bonds is 3. The van der Waals surface area contributed by atoms with Crippen LogP contribution in [-0.2, 0) is 13.1 Å². The van der Waals surface area contributed by atoms with Crippen LogP contribution >= 0.6 is 11.3 Å². The molecule has 0 radical (unpaired) electrons. The van der Waals surface area contributed by atoms with E-state index in [0.717, 1.165) is 22.0 Å². The highest BCUT2D eigenvalue weighted by Crippen LogP contribution is 2.28. The van der Waals surface area contributed by atoms with E-state index in [1.54, 1.807) is 12.5 Å². The van der Waals surface area contributed by atoms with E-state index in [4.69, 9.17) is 4.74 Å². The van der Waals surface area contributed by atoms with Crippen LogP contribution in [0.3, 0.4) is 0 Å². The van der Waals surface area contributed by atoms with E-state index in [1.807, 2.05) is 53.8 Å². The second-order valence-corrected chi connectivity index (χ2v) is 7.62. The van der Waals surface area contributed by atoms with Gasteiger partial charge in [-0.3, -0.25) is 4.79 Å². The lowest BCUT2D eigenvalue weighted by Crippen LogP contribution is -2.44. The number of aromatic nitrogens is 3. The lowest BCUT2D eigenvalue weighted by Gasteiger charge is -2.29. The summed E-state index contributed by atoms with van der Waals surface area (Å²) in [5.74, 6) is 0.856. The lowest BCUT2D eigenvalue weighted by atomic mass is 10.1. The standard InChI is InChI=1S/C19H20N4O2S/c1-13-18(26-14(2)21-13)19(24)23-9-15-5-3-4-6-17(15)25-11-16(23)10-22-8-7-20-12-22/h3-8,12,16H,9-11H2,1-2H3/t16-/m1/s1. The molecule has 0 unspecified atom stereocenters. The Bertz CT molecular complexity index is 920. The first-order valence-corrected chi connectivity index (χ1v) is 9.35. The molecule has 1 aromatic carbocycles. The fourth-order valence-electron chi connectivity index (χ4n) is 3.25. The van der Waals surface area contributed by atoms with Crippen LogP contribution < -0.4 is 4.74 Å². The molecule has 3 aromatic rings. The van der Waals surface area contributed by atoms with Crippen LogP contribution in [-0.4, -0.2) is 38.0 Å². The van der Waals surface area contributed by atoms with Gasteiger partial charge in [0.1, 0.15) is 17.2 Å². The minimum Gasteiger partial charge on any atom is -0.491 e. The number of hydrogen-bond acceptors (Lipinski definition) is 5. The molecule has 1 amide bonds. The van der Waals surface area contributed by atoms with Gasteiger partial charge in [0.05, 0.1) is 29.6 Å². The zero-order chi connectivity index (χ0) is 18.1. The van der Waals surface area contributed by atoms with E-state index < -0.39 is 0 Å². The summed E-state index contributed by atoms with van der Waals surface area (Å²) in [5.41, 5.74) is 1.81. The average Bonchev–Trinajstić information content (AvgIpc) is 3.21. The van der Waals surface area contributed by atoms with Crippen molar-refractivity contribution in [3.8, 4) is 5.75 Å². The van der Waals surface area contributed by atoms with E-state index in [0.29, 0.717) is 24.6 Å². The molecule has 0 saturated carbocycles. The third kappa shape index (κ3) is 3.22. The number of ether oxygens (including phenoxy) is 1. The molecule has 0 spiro atoms. The molecule has 0 N–H and O–H groups in total. The van der Waals surface area contributed by atoms with Gasteiger partial charge in [-0.25, -0.2) is 9.97 Å². The fraction of sp³-hybridized carbons (Fsp3) is 0.316. The Hall–Kier alpha value is -2.67. The Kier molecular flexibility index (Phi) is 4.46. The molecular formula is C19H20N4O2S. The van der Waals surface area contributed by atoms with Gasteiger partial charge in [-0.15, -0.1) is 11.3 Å². The highest BCUT2D eigenvalue weighted by atomic mass is 32.1. The third-order valence-corrected chi connectivity index (χ3v) is 5.59. The summed E-state index contributed by atoms with van der Waals surface area (Å²) in [6.07, 6.45) is 5.42. The Morgan fingerprint density at radius 2 is 2.19 bits per heavy atom. The molecule has 3 heterocycles. The molecule has 134 valence electrons. The van der Waals surface area contributed by atoms with E-state index in [9.17, 15) is 4.79 Å². The summed E-state index contributed by atoms with van der Waals surface area (Å²) < 4.78 is 8.00. The Balaban J connectivity index is 1.69. The zero-order valence-corrected chi connectivity index (χ0v) is 15.6. The van der Waals surface area contributed by atoms with Gasteiger partial charge in [-0.2, -0.15) is 0 Å². The van der Waals surface area contributed by atoms with Crippen molar-refractivity contribution in [2.45, 2.75) is 33.0 Å². The van der Waals surface area contributed by atoms with E-state index in [2.05, 4.69) is 9.97 Å². The lowest BCUT2D eigenvalue weighted by molar-refractivity contribution is 0.0602. The van der Waals surface area contributed by atoms with Gasteiger partial charge >= 0.3 is 0 Å². The van der Waals surface area contributed by atoms with E-state index >= 15 is 0 Å². The summed E-state index contributed by atoms with van der Waals surface area (Å²) in [4.78, 5) is 24.5. The van der Waals surface area contributed by atoms with Gasteiger partial charge in [-0.1, -0.05) is 18.2 Å². The van der Waals surface area contributed by atoms with Crippen LogP contribution in [0.2, 0.25) is 0 Å². The number of amides is 1.